The maximum atomic E-state index is 11.8. The van der Waals surface area contributed by atoms with Crippen LogP contribution >= 0.6 is 0 Å². The Hall–Kier alpha value is -2.04. The summed E-state index contributed by atoms with van der Waals surface area (Å²) in [4.78, 5) is 23.2. The number of hydrogen-bond acceptors (Lipinski definition) is 2. The van der Waals surface area contributed by atoms with Gasteiger partial charge < -0.3 is 16.0 Å². The fourth-order valence-electron chi connectivity index (χ4n) is 1.77. The van der Waals surface area contributed by atoms with Crippen molar-refractivity contribution >= 4 is 11.9 Å². The number of urea groups is 1. The number of carbonyl (C=O) groups is 2. The fourth-order valence-corrected chi connectivity index (χ4v) is 1.77. The van der Waals surface area contributed by atoms with Crippen molar-refractivity contribution in [1.82, 2.24) is 16.0 Å². The Morgan fingerprint density at radius 1 is 1.20 bits per heavy atom. The molecule has 0 aromatic heterocycles. The normalized spacial score (nSPS) is 13.9. The van der Waals surface area contributed by atoms with Crippen LogP contribution in [0.5, 0.6) is 0 Å². The Bertz CT molecular complexity index is 478. The molecule has 1 aliphatic rings. The lowest BCUT2D eigenvalue weighted by atomic mass is 10.1. The van der Waals surface area contributed by atoms with Gasteiger partial charge in [0, 0.05) is 24.2 Å². The van der Waals surface area contributed by atoms with E-state index in [1.54, 1.807) is 12.1 Å². The Balaban J connectivity index is 1.81. The van der Waals surface area contributed by atoms with Crippen molar-refractivity contribution in [3.05, 3.63) is 35.4 Å². The average molecular weight is 275 g/mol. The van der Waals surface area contributed by atoms with E-state index in [1.165, 1.54) is 0 Å². The van der Waals surface area contributed by atoms with Gasteiger partial charge in [0.15, 0.2) is 0 Å². The molecule has 0 saturated heterocycles. The van der Waals surface area contributed by atoms with Crippen LogP contribution in [0.25, 0.3) is 0 Å². The van der Waals surface area contributed by atoms with E-state index in [-0.39, 0.29) is 18.0 Å². The number of carbonyl (C=O) groups excluding carboxylic acids is 2. The third kappa shape index (κ3) is 4.57. The molecule has 0 heterocycles. The van der Waals surface area contributed by atoms with Gasteiger partial charge in [-0.15, -0.1) is 0 Å². The Morgan fingerprint density at radius 2 is 1.85 bits per heavy atom. The van der Waals surface area contributed by atoms with Crippen LogP contribution in [-0.2, 0) is 6.54 Å². The lowest BCUT2D eigenvalue weighted by Crippen LogP contribution is -2.39. The van der Waals surface area contributed by atoms with Crippen molar-refractivity contribution in [1.29, 1.82) is 0 Å². The monoisotopic (exact) mass is 275 g/mol. The molecule has 0 aliphatic heterocycles. The molecule has 3 amide bonds. The van der Waals surface area contributed by atoms with Gasteiger partial charge in [-0.25, -0.2) is 4.79 Å². The number of rotatable bonds is 5. The molecular weight excluding hydrogens is 254 g/mol. The summed E-state index contributed by atoms with van der Waals surface area (Å²) in [5, 5.41) is 8.47. The summed E-state index contributed by atoms with van der Waals surface area (Å²) in [6.45, 7) is 4.27. The zero-order valence-corrected chi connectivity index (χ0v) is 11.9. The van der Waals surface area contributed by atoms with Crippen molar-refractivity contribution in [2.24, 2.45) is 0 Å². The Kier molecular flexibility index (Phi) is 4.61. The van der Waals surface area contributed by atoms with E-state index in [4.69, 9.17) is 0 Å². The summed E-state index contributed by atoms with van der Waals surface area (Å²) in [5.74, 6) is -0.0236. The van der Waals surface area contributed by atoms with Crippen LogP contribution in [0.2, 0.25) is 0 Å². The predicted octanol–water partition coefficient (Wildman–Crippen LogP) is 1.79. The van der Waals surface area contributed by atoms with Crippen LogP contribution < -0.4 is 16.0 Å². The van der Waals surface area contributed by atoms with Crippen molar-refractivity contribution in [3.8, 4) is 0 Å². The third-order valence-corrected chi connectivity index (χ3v) is 3.00. The van der Waals surface area contributed by atoms with E-state index >= 15 is 0 Å². The minimum atomic E-state index is -0.185. The highest BCUT2D eigenvalue weighted by molar-refractivity contribution is 5.94. The molecule has 1 saturated carbocycles. The van der Waals surface area contributed by atoms with Crippen molar-refractivity contribution < 1.29 is 9.59 Å². The zero-order chi connectivity index (χ0) is 14.5. The second-order valence-corrected chi connectivity index (χ2v) is 5.43. The molecule has 1 aromatic carbocycles. The molecule has 0 atom stereocenters. The summed E-state index contributed by atoms with van der Waals surface area (Å²) in [5.41, 5.74) is 1.62. The molecule has 20 heavy (non-hydrogen) atoms. The van der Waals surface area contributed by atoms with Gasteiger partial charge in [0.05, 0.1) is 0 Å². The van der Waals surface area contributed by atoms with Crippen molar-refractivity contribution in [2.45, 2.75) is 45.3 Å². The summed E-state index contributed by atoms with van der Waals surface area (Å²) in [6.07, 6.45) is 2.16. The van der Waals surface area contributed by atoms with E-state index in [0.29, 0.717) is 18.2 Å². The molecule has 0 radical (unpaired) electrons. The first-order valence-corrected chi connectivity index (χ1v) is 6.99. The first-order valence-electron chi connectivity index (χ1n) is 6.99. The van der Waals surface area contributed by atoms with Crippen LogP contribution in [0.3, 0.4) is 0 Å². The van der Waals surface area contributed by atoms with E-state index in [2.05, 4.69) is 16.0 Å². The largest absolute Gasteiger partial charge is 0.349 e. The predicted molar refractivity (Wildman–Crippen MR) is 77.4 cm³/mol. The molecule has 1 aliphatic carbocycles. The number of hydrogen-bond donors (Lipinski definition) is 3. The summed E-state index contributed by atoms with van der Waals surface area (Å²) in [7, 11) is 0. The van der Waals surface area contributed by atoms with Crippen LogP contribution in [0.15, 0.2) is 24.3 Å². The van der Waals surface area contributed by atoms with Crippen molar-refractivity contribution in [2.75, 3.05) is 0 Å². The fraction of sp³-hybridized carbons (Fsp3) is 0.467. The van der Waals surface area contributed by atoms with Gasteiger partial charge >= 0.3 is 6.03 Å². The SMILES string of the molecule is CC(C)NC(=O)NCc1ccc(C(=O)NC2CC2)cc1. The first-order chi connectivity index (χ1) is 9.54. The number of nitrogens with one attached hydrogen (secondary N) is 3. The maximum Gasteiger partial charge on any atom is 0.315 e. The quantitative estimate of drug-likeness (QED) is 0.766. The van der Waals surface area contributed by atoms with Gasteiger partial charge in [0.2, 0.25) is 0 Å². The molecule has 3 N–H and O–H groups in total. The van der Waals surface area contributed by atoms with Gasteiger partial charge in [-0.05, 0) is 44.4 Å². The highest BCUT2D eigenvalue weighted by atomic mass is 16.2. The molecule has 0 unspecified atom stereocenters. The van der Waals surface area contributed by atoms with Crippen LogP contribution in [-0.4, -0.2) is 24.0 Å². The van der Waals surface area contributed by atoms with Crippen LogP contribution in [0.4, 0.5) is 4.79 Å². The van der Waals surface area contributed by atoms with Gasteiger partial charge in [-0.2, -0.15) is 0 Å². The van der Waals surface area contributed by atoms with E-state index < -0.39 is 0 Å². The molecule has 5 nitrogen and oxygen atoms in total. The zero-order valence-electron chi connectivity index (χ0n) is 11.9. The molecule has 1 aromatic rings. The molecule has 5 heteroatoms. The highest BCUT2D eigenvalue weighted by Gasteiger charge is 2.23. The summed E-state index contributed by atoms with van der Waals surface area (Å²) >= 11 is 0. The van der Waals surface area contributed by atoms with Gasteiger partial charge in [-0.1, -0.05) is 12.1 Å². The lowest BCUT2D eigenvalue weighted by Gasteiger charge is -2.10. The van der Waals surface area contributed by atoms with Crippen LogP contribution in [0, 0.1) is 0 Å². The molecule has 2 rings (SSSR count). The molecule has 0 spiro atoms. The van der Waals surface area contributed by atoms with Gasteiger partial charge in [0.25, 0.3) is 5.91 Å². The Labute approximate surface area is 119 Å². The first kappa shape index (κ1) is 14.4. The second kappa shape index (κ2) is 6.41. The number of amides is 3. The average Bonchev–Trinajstić information content (AvgIpc) is 3.20. The molecule has 108 valence electrons. The Morgan fingerprint density at radius 3 is 2.40 bits per heavy atom. The minimum Gasteiger partial charge on any atom is -0.349 e. The summed E-state index contributed by atoms with van der Waals surface area (Å²) in [6, 6.07) is 7.58. The van der Waals surface area contributed by atoms with Crippen LogP contribution in [0.1, 0.15) is 42.6 Å². The molecule has 0 bridgehead atoms. The van der Waals surface area contributed by atoms with E-state index in [9.17, 15) is 9.59 Å². The van der Waals surface area contributed by atoms with Gasteiger partial charge in [0.1, 0.15) is 0 Å². The van der Waals surface area contributed by atoms with Gasteiger partial charge in [-0.3, -0.25) is 4.79 Å². The topological polar surface area (TPSA) is 70.2 Å². The molecular formula is C15H21N3O2. The van der Waals surface area contributed by atoms with E-state index in [1.807, 2.05) is 26.0 Å². The van der Waals surface area contributed by atoms with Crippen molar-refractivity contribution in [3.63, 3.8) is 0 Å². The number of benzene rings is 1. The maximum absolute atomic E-state index is 11.8. The lowest BCUT2D eigenvalue weighted by molar-refractivity contribution is 0.0951. The van der Waals surface area contributed by atoms with E-state index in [0.717, 1.165) is 18.4 Å². The third-order valence-electron chi connectivity index (χ3n) is 3.00. The second-order valence-electron chi connectivity index (χ2n) is 5.43. The smallest absolute Gasteiger partial charge is 0.315 e. The minimum absolute atomic E-state index is 0.0236. The highest BCUT2D eigenvalue weighted by Crippen LogP contribution is 2.19. The standard InChI is InChI=1S/C15H21N3O2/c1-10(2)17-15(20)16-9-11-3-5-12(6-4-11)14(19)18-13-7-8-13/h3-6,10,13H,7-9H2,1-2H3,(H,18,19)(H2,16,17,20). The molecule has 1 fully saturated rings. The summed E-state index contributed by atoms with van der Waals surface area (Å²) < 4.78 is 0.